The Morgan fingerprint density at radius 1 is 0.897 bits per heavy atom. The van der Waals surface area contributed by atoms with Crippen molar-refractivity contribution in [3.05, 3.63) is 36.1 Å². The molecule has 1 aliphatic rings. The minimum absolute atomic E-state index is 0.141. The van der Waals surface area contributed by atoms with E-state index in [9.17, 15) is 4.79 Å². The minimum Gasteiger partial charge on any atom is -0.504 e. The summed E-state index contributed by atoms with van der Waals surface area (Å²) in [5.74, 6) is 1.32. The molecule has 0 aromatic heterocycles. The number of fused-ring (bicyclic) bond motifs is 1. The van der Waals surface area contributed by atoms with Gasteiger partial charge < -0.3 is 14.3 Å². The maximum absolute atomic E-state index is 10.9. The third-order valence-corrected chi connectivity index (χ3v) is 5.80. The van der Waals surface area contributed by atoms with Crippen LogP contribution in [-0.4, -0.2) is 19.0 Å². The van der Waals surface area contributed by atoms with Crippen LogP contribution in [0.15, 0.2) is 30.5 Å². The van der Waals surface area contributed by atoms with Gasteiger partial charge in [-0.15, -0.1) is 0 Å². The van der Waals surface area contributed by atoms with Gasteiger partial charge in [0.15, 0.2) is 0 Å². The summed E-state index contributed by atoms with van der Waals surface area (Å²) < 4.78 is 11.4. The summed E-state index contributed by atoms with van der Waals surface area (Å²) in [6, 6.07) is 8.25. The van der Waals surface area contributed by atoms with Crippen molar-refractivity contribution in [2.24, 2.45) is 0 Å². The van der Waals surface area contributed by atoms with Crippen molar-refractivity contribution in [2.45, 2.75) is 103 Å². The fourth-order valence-electron chi connectivity index (χ4n) is 4.15. The van der Waals surface area contributed by atoms with Crippen LogP contribution in [0.1, 0.15) is 102 Å². The van der Waals surface area contributed by atoms with Gasteiger partial charge in [-0.25, -0.2) is 0 Å². The van der Waals surface area contributed by atoms with Crippen LogP contribution in [0.4, 0.5) is 0 Å². The Bertz CT molecular complexity index is 620. The molecule has 1 aliphatic heterocycles. The number of carbonyl (C=O) groups excluding carboxylic acids is 1. The highest BCUT2D eigenvalue weighted by Crippen LogP contribution is 2.39. The van der Waals surface area contributed by atoms with Crippen molar-refractivity contribution in [2.75, 3.05) is 7.11 Å². The lowest BCUT2D eigenvalue weighted by molar-refractivity contribution is -0.117. The molecular weight excluding hydrogens is 360 g/mol. The molecule has 0 radical (unpaired) electrons. The van der Waals surface area contributed by atoms with Crippen LogP contribution in [-0.2, 0) is 9.53 Å². The normalized spacial score (nSPS) is 16.6. The maximum atomic E-state index is 10.9. The van der Waals surface area contributed by atoms with E-state index in [1.165, 1.54) is 81.8 Å². The topological polar surface area (TPSA) is 35.5 Å². The number of hydrogen-bond donors (Lipinski definition) is 0. The van der Waals surface area contributed by atoms with Crippen LogP contribution in [0.3, 0.4) is 0 Å². The van der Waals surface area contributed by atoms with Gasteiger partial charge in [-0.1, -0.05) is 82.4 Å². The Hall–Kier alpha value is -1.77. The molecule has 0 N–H and O–H groups in total. The summed E-state index contributed by atoms with van der Waals surface area (Å²) in [5, 5.41) is 0. The second-order valence-corrected chi connectivity index (χ2v) is 8.39. The molecule has 1 aromatic rings. The molecule has 3 heteroatoms. The fourth-order valence-corrected chi connectivity index (χ4v) is 4.15. The Morgan fingerprint density at radius 3 is 2.03 bits per heavy atom. The molecule has 0 fully saturated rings. The summed E-state index contributed by atoms with van der Waals surface area (Å²) in [6.07, 6.45) is 19.4. The van der Waals surface area contributed by atoms with E-state index in [0.717, 1.165) is 25.0 Å². The van der Waals surface area contributed by atoms with E-state index in [0.29, 0.717) is 5.78 Å². The van der Waals surface area contributed by atoms with Crippen LogP contribution in [0.25, 0.3) is 5.57 Å². The summed E-state index contributed by atoms with van der Waals surface area (Å²) in [7, 11) is 1.71. The molecular formula is C26H40O3. The predicted octanol–water partition coefficient (Wildman–Crippen LogP) is 7.49. The van der Waals surface area contributed by atoms with Crippen molar-refractivity contribution >= 4 is 11.4 Å². The largest absolute Gasteiger partial charge is 0.504 e. The Morgan fingerprint density at radius 2 is 1.45 bits per heavy atom. The molecule has 1 heterocycles. The smallest absolute Gasteiger partial charge is 0.129 e. The first-order valence-electron chi connectivity index (χ1n) is 11.7. The Labute approximate surface area is 177 Å². The average Bonchev–Trinajstić information content (AvgIpc) is 3.06. The molecule has 0 bridgehead atoms. The van der Waals surface area contributed by atoms with Crippen LogP contribution < -0.4 is 4.74 Å². The van der Waals surface area contributed by atoms with Gasteiger partial charge in [0.1, 0.15) is 17.6 Å². The quantitative estimate of drug-likeness (QED) is 0.213. The van der Waals surface area contributed by atoms with E-state index in [1.807, 2.05) is 18.4 Å². The molecule has 162 valence electrons. The zero-order valence-corrected chi connectivity index (χ0v) is 18.6. The van der Waals surface area contributed by atoms with Crippen molar-refractivity contribution in [3.8, 4) is 5.75 Å². The lowest BCUT2D eigenvalue weighted by Gasteiger charge is -2.12. The minimum atomic E-state index is 0.141. The van der Waals surface area contributed by atoms with Gasteiger partial charge in [-0.05, 0) is 32.3 Å². The number of methoxy groups -OCH3 is 1. The van der Waals surface area contributed by atoms with Crippen molar-refractivity contribution in [1.82, 2.24) is 0 Å². The Balaban J connectivity index is 1.44. The fraction of sp³-hybridized carbons (Fsp3) is 0.654. The highest BCUT2D eigenvalue weighted by Gasteiger charge is 2.28. The van der Waals surface area contributed by atoms with Crippen LogP contribution in [0.2, 0.25) is 0 Å². The summed E-state index contributed by atoms with van der Waals surface area (Å²) in [6.45, 7) is 1.69. The van der Waals surface area contributed by atoms with Gasteiger partial charge in [0, 0.05) is 17.6 Å². The van der Waals surface area contributed by atoms with Gasteiger partial charge in [0.05, 0.1) is 13.4 Å². The van der Waals surface area contributed by atoms with Gasteiger partial charge in [-0.2, -0.15) is 0 Å². The molecule has 1 atom stereocenters. The highest BCUT2D eigenvalue weighted by atomic mass is 16.5. The molecule has 29 heavy (non-hydrogen) atoms. The lowest BCUT2D eigenvalue weighted by Crippen LogP contribution is -2.12. The summed E-state index contributed by atoms with van der Waals surface area (Å²) >= 11 is 0. The standard InChI is InChI=1S/C26H40O3/c1-22(27)17-13-11-9-7-5-3-4-6-8-10-12-14-19-26-24(21-28-2)23-18-15-16-20-25(23)29-26/h15-16,18,20-21,26H,3-14,17,19H2,1-2H3. The monoisotopic (exact) mass is 400 g/mol. The van der Waals surface area contributed by atoms with Crippen molar-refractivity contribution in [1.29, 1.82) is 0 Å². The van der Waals surface area contributed by atoms with Gasteiger partial charge in [0.2, 0.25) is 0 Å². The molecule has 1 aromatic carbocycles. The van der Waals surface area contributed by atoms with E-state index in [1.54, 1.807) is 14.0 Å². The number of benzene rings is 1. The molecule has 3 nitrogen and oxygen atoms in total. The lowest BCUT2D eigenvalue weighted by atomic mass is 9.99. The number of para-hydroxylation sites is 1. The number of ether oxygens (including phenoxy) is 2. The second kappa shape index (κ2) is 14.3. The second-order valence-electron chi connectivity index (χ2n) is 8.39. The first-order chi connectivity index (χ1) is 14.2. The number of unbranched alkanes of at least 4 members (excludes halogenated alkanes) is 11. The maximum Gasteiger partial charge on any atom is 0.129 e. The van der Waals surface area contributed by atoms with Crippen LogP contribution in [0.5, 0.6) is 5.75 Å². The van der Waals surface area contributed by atoms with Gasteiger partial charge >= 0.3 is 0 Å². The molecule has 0 saturated heterocycles. The first-order valence-corrected chi connectivity index (χ1v) is 11.7. The van der Waals surface area contributed by atoms with Crippen molar-refractivity contribution < 1.29 is 14.3 Å². The zero-order valence-electron chi connectivity index (χ0n) is 18.6. The molecule has 0 amide bonds. The van der Waals surface area contributed by atoms with E-state index in [2.05, 4.69) is 12.1 Å². The average molecular weight is 401 g/mol. The molecule has 1 unspecified atom stereocenters. The summed E-state index contributed by atoms with van der Waals surface area (Å²) in [5.41, 5.74) is 2.36. The molecule has 0 saturated carbocycles. The van der Waals surface area contributed by atoms with E-state index >= 15 is 0 Å². The molecule has 2 rings (SSSR count). The van der Waals surface area contributed by atoms with Crippen LogP contribution in [0, 0.1) is 0 Å². The number of hydrogen-bond acceptors (Lipinski definition) is 3. The van der Waals surface area contributed by atoms with E-state index in [4.69, 9.17) is 9.47 Å². The van der Waals surface area contributed by atoms with E-state index < -0.39 is 0 Å². The van der Waals surface area contributed by atoms with Gasteiger partial charge in [0.25, 0.3) is 0 Å². The highest BCUT2D eigenvalue weighted by molar-refractivity contribution is 5.76. The number of ketones is 1. The van der Waals surface area contributed by atoms with Crippen LogP contribution >= 0.6 is 0 Å². The first kappa shape index (κ1) is 23.5. The Kier molecular flexibility index (Phi) is 11.6. The van der Waals surface area contributed by atoms with Gasteiger partial charge in [-0.3, -0.25) is 0 Å². The third kappa shape index (κ3) is 9.06. The number of rotatable bonds is 16. The number of Topliss-reactive ketones (excluding diaryl/α,β-unsaturated/α-hetero) is 1. The SMILES string of the molecule is COC=C1c2ccccc2OC1CCCCCCCCCCCCCCC(C)=O. The van der Waals surface area contributed by atoms with E-state index in [-0.39, 0.29) is 6.10 Å². The third-order valence-electron chi connectivity index (χ3n) is 5.80. The number of carbonyl (C=O) groups is 1. The zero-order chi connectivity index (χ0) is 20.7. The summed E-state index contributed by atoms with van der Waals surface area (Å²) in [4.78, 5) is 10.9. The van der Waals surface area contributed by atoms with Crippen molar-refractivity contribution in [3.63, 3.8) is 0 Å². The molecule has 0 aliphatic carbocycles. The predicted molar refractivity (Wildman–Crippen MR) is 121 cm³/mol. The molecule has 0 spiro atoms.